The fourth-order valence-corrected chi connectivity index (χ4v) is 2.74. The zero-order valence-corrected chi connectivity index (χ0v) is 16.8. The van der Waals surface area contributed by atoms with Crippen molar-refractivity contribution in [2.24, 2.45) is 0 Å². The molecule has 0 aliphatic rings. The van der Waals surface area contributed by atoms with Crippen LogP contribution in [0.5, 0.6) is 11.5 Å². The summed E-state index contributed by atoms with van der Waals surface area (Å²) < 4.78 is 51.0. The molecule has 1 atom stereocenters. The molecule has 1 aromatic heterocycles. The first kappa shape index (κ1) is 22.7. The highest BCUT2D eigenvalue weighted by Crippen LogP contribution is 2.24. The quantitative estimate of drug-likeness (QED) is 0.522. The predicted octanol–water partition coefficient (Wildman–Crippen LogP) is 4.69. The highest BCUT2D eigenvalue weighted by atomic mass is 19.4. The lowest BCUT2D eigenvalue weighted by atomic mass is 10.1. The maximum Gasteiger partial charge on any atom is 0.573 e. The Balaban J connectivity index is 1.49. The fraction of sp³-hybridized carbons (Fsp3) is 0.182. The molecule has 3 aromatic rings. The normalized spacial score (nSPS) is 12.0. The zero-order chi connectivity index (χ0) is 23.1. The Bertz CT molecular complexity index is 1050. The number of hydrogen-bond donors (Lipinski definition) is 2. The van der Waals surface area contributed by atoms with E-state index in [-0.39, 0.29) is 18.1 Å². The lowest BCUT2D eigenvalue weighted by Crippen LogP contribution is -2.31. The molecule has 3 rings (SSSR count). The zero-order valence-electron chi connectivity index (χ0n) is 16.8. The monoisotopic (exact) mass is 448 g/mol. The van der Waals surface area contributed by atoms with Crippen molar-refractivity contribution in [3.63, 3.8) is 0 Å². The van der Waals surface area contributed by atoms with Crippen molar-refractivity contribution in [3.05, 3.63) is 78.3 Å². The maximum atomic E-state index is 12.2. The first-order chi connectivity index (χ1) is 15.2. The van der Waals surface area contributed by atoms with Crippen molar-refractivity contribution in [2.45, 2.75) is 19.3 Å². The van der Waals surface area contributed by atoms with E-state index in [2.05, 4.69) is 15.4 Å². The molecular weight excluding hydrogens is 429 g/mol. The number of benzene rings is 2. The van der Waals surface area contributed by atoms with E-state index in [0.717, 1.165) is 0 Å². The van der Waals surface area contributed by atoms with Crippen LogP contribution < -0.4 is 20.1 Å². The topological polar surface area (TPSA) is 89.8 Å². The second-order valence-electron chi connectivity index (χ2n) is 6.65. The third-order valence-electron chi connectivity index (χ3n) is 4.20. The van der Waals surface area contributed by atoms with Gasteiger partial charge < -0.3 is 24.5 Å². The molecule has 0 saturated heterocycles. The van der Waals surface area contributed by atoms with Crippen molar-refractivity contribution in [3.8, 4) is 11.5 Å². The lowest BCUT2D eigenvalue weighted by molar-refractivity contribution is -0.274. The Morgan fingerprint density at radius 2 is 1.78 bits per heavy atom. The molecule has 10 heteroatoms. The van der Waals surface area contributed by atoms with E-state index in [4.69, 9.17) is 9.15 Å². The van der Waals surface area contributed by atoms with E-state index in [1.807, 2.05) is 0 Å². The van der Waals surface area contributed by atoms with Gasteiger partial charge in [0.2, 0.25) is 0 Å². The van der Waals surface area contributed by atoms with Gasteiger partial charge in [0.15, 0.2) is 12.4 Å². The first-order valence-electron chi connectivity index (χ1n) is 9.42. The SMILES string of the molecule is CC(NC(=O)COc1cccc(NC(=O)c2ccco2)c1)c1ccc(OC(F)(F)F)cc1. The minimum Gasteiger partial charge on any atom is -0.484 e. The number of carbonyl (C=O) groups is 2. The number of halogens is 3. The summed E-state index contributed by atoms with van der Waals surface area (Å²) in [6.07, 6.45) is -3.38. The molecule has 0 saturated carbocycles. The molecule has 7 nitrogen and oxygen atoms in total. The van der Waals surface area contributed by atoms with Gasteiger partial charge in [0.25, 0.3) is 11.8 Å². The third-order valence-corrected chi connectivity index (χ3v) is 4.20. The smallest absolute Gasteiger partial charge is 0.484 e. The van der Waals surface area contributed by atoms with Gasteiger partial charge >= 0.3 is 6.36 Å². The number of furan rings is 1. The van der Waals surface area contributed by atoms with Gasteiger partial charge in [-0.05, 0) is 48.9 Å². The van der Waals surface area contributed by atoms with Gasteiger partial charge in [-0.15, -0.1) is 13.2 Å². The maximum absolute atomic E-state index is 12.2. The standard InChI is InChI=1S/C22H19F3N2O5/c1-14(15-7-9-17(10-8-15)32-22(23,24)25)26-20(28)13-31-18-5-2-4-16(12-18)27-21(29)19-6-3-11-30-19/h2-12,14H,13H2,1H3,(H,26,28)(H,27,29). The summed E-state index contributed by atoms with van der Waals surface area (Å²) in [5.41, 5.74) is 1.05. The molecule has 2 aromatic carbocycles. The van der Waals surface area contributed by atoms with Crippen molar-refractivity contribution in [2.75, 3.05) is 11.9 Å². The predicted molar refractivity (Wildman–Crippen MR) is 108 cm³/mol. The summed E-state index contributed by atoms with van der Waals surface area (Å²) >= 11 is 0. The summed E-state index contributed by atoms with van der Waals surface area (Å²) in [6.45, 7) is 1.39. The molecule has 2 amide bonds. The van der Waals surface area contributed by atoms with Crippen LogP contribution in [0.3, 0.4) is 0 Å². The third kappa shape index (κ3) is 6.79. The Kier molecular flexibility index (Phi) is 7.04. The number of carbonyl (C=O) groups excluding carboxylic acids is 2. The minimum atomic E-state index is -4.77. The number of alkyl halides is 3. The average molecular weight is 448 g/mol. The van der Waals surface area contributed by atoms with Crippen LogP contribution in [0.2, 0.25) is 0 Å². The van der Waals surface area contributed by atoms with Crippen LogP contribution in [-0.4, -0.2) is 24.8 Å². The van der Waals surface area contributed by atoms with E-state index in [1.54, 1.807) is 37.3 Å². The molecule has 0 spiro atoms. The van der Waals surface area contributed by atoms with E-state index in [9.17, 15) is 22.8 Å². The summed E-state index contributed by atoms with van der Waals surface area (Å²) in [7, 11) is 0. The highest BCUT2D eigenvalue weighted by molar-refractivity contribution is 6.02. The van der Waals surface area contributed by atoms with E-state index in [0.29, 0.717) is 17.0 Å². The van der Waals surface area contributed by atoms with Gasteiger partial charge in [-0.25, -0.2) is 0 Å². The molecular formula is C22H19F3N2O5. The minimum absolute atomic E-state index is 0.155. The van der Waals surface area contributed by atoms with Gasteiger partial charge in [0.05, 0.1) is 12.3 Å². The molecule has 32 heavy (non-hydrogen) atoms. The van der Waals surface area contributed by atoms with Gasteiger partial charge in [-0.2, -0.15) is 0 Å². The first-order valence-corrected chi connectivity index (χ1v) is 9.42. The molecule has 0 aliphatic carbocycles. The largest absolute Gasteiger partial charge is 0.573 e. The second kappa shape index (κ2) is 9.90. The number of nitrogens with one attached hydrogen (secondary N) is 2. The summed E-state index contributed by atoms with van der Waals surface area (Å²) in [4.78, 5) is 24.2. The van der Waals surface area contributed by atoms with Crippen LogP contribution in [0.1, 0.15) is 29.1 Å². The molecule has 1 heterocycles. The summed E-state index contributed by atoms with van der Waals surface area (Å²) in [5.74, 6) is -0.688. The molecule has 168 valence electrons. The van der Waals surface area contributed by atoms with Crippen molar-refractivity contribution in [1.82, 2.24) is 5.32 Å². The Morgan fingerprint density at radius 3 is 2.44 bits per heavy atom. The van der Waals surface area contributed by atoms with E-state index in [1.165, 1.54) is 36.6 Å². The summed E-state index contributed by atoms with van der Waals surface area (Å²) in [5, 5.41) is 5.34. The van der Waals surface area contributed by atoms with Crippen molar-refractivity contribution in [1.29, 1.82) is 0 Å². The van der Waals surface area contributed by atoms with Gasteiger partial charge in [-0.1, -0.05) is 18.2 Å². The molecule has 0 radical (unpaired) electrons. The molecule has 0 fully saturated rings. The molecule has 0 bridgehead atoms. The fourth-order valence-electron chi connectivity index (χ4n) is 2.74. The summed E-state index contributed by atoms with van der Waals surface area (Å²) in [6, 6.07) is 14.3. The van der Waals surface area contributed by atoms with Gasteiger partial charge in [0, 0.05) is 11.8 Å². The Morgan fingerprint density at radius 1 is 1.03 bits per heavy atom. The second-order valence-corrected chi connectivity index (χ2v) is 6.65. The van der Waals surface area contributed by atoms with Crippen LogP contribution in [0.25, 0.3) is 0 Å². The number of rotatable bonds is 8. The Labute approximate surface area is 181 Å². The van der Waals surface area contributed by atoms with E-state index >= 15 is 0 Å². The van der Waals surface area contributed by atoms with Crippen LogP contribution >= 0.6 is 0 Å². The van der Waals surface area contributed by atoms with Crippen LogP contribution in [0, 0.1) is 0 Å². The number of amides is 2. The lowest BCUT2D eigenvalue weighted by Gasteiger charge is -2.16. The average Bonchev–Trinajstić information content (AvgIpc) is 3.27. The van der Waals surface area contributed by atoms with Crippen LogP contribution in [0.4, 0.5) is 18.9 Å². The number of hydrogen-bond acceptors (Lipinski definition) is 5. The molecule has 1 unspecified atom stereocenters. The molecule has 2 N–H and O–H groups in total. The van der Waals surface area contributed by atoms with Gasteiger partial charge in [0.1, 0.15) is 11.5 Å². The van der Waals surface area contributed by atoms with Crippen molar-refractivity contribution >= 4 is 17.5 Å². The molecule has 0 aliphatic heterocycles. The number of ether oxygens (including phenoxy) is 2. The Hall–Kier alpha value is -3.95. The van der Waals surface area contributed by atoms with Crippen molar-refractivity contribution < 1.29 is 36.7 Å². The van der Waals surface area contributed by atoms with Crippen LogP contribution in [-0.2, 0) is 4.79 Å². The highest BCUT2D eigenvalue weighted by Gasteiger charge is 2.31. The number of anilines is 1. The van der Waals surface area contributed by atoms with Gasteiger partial charge in [-0.3, -0.25) is 9.59 Å². The van der Waals surface area contributed by atoms with Crippen LogP contribution in [0.15, 0.2) is 71.3 Å². The van der Waals surface area contributed by atoms with E-state index < -0.39 is 24.2 Å².